The highest BCUT2D eigenvalue weighted by Gasteiger charge is 2.13. The second-order valence-electron chi connectivity index (χ2n) is 3.96. The molecule has 1 aliphatic heterocycles. The Labute approximate surface area is 95.4 Å². The van der Waals surface area contributed by atoms with E-state index in [1.165, 1.54) is 0 Å². The van der Waals surface area contributed by atoms with E-state index in [4.69, 9.17) is 5.73 Å². The Balaban J connectivity index is 2.13. The van der Waals surface area contributed by atoms with Crippen LogP contribution in [-0.4, -0.2) is 25.5 Å². The average Bonchev–Trinajstić information content (AvgIpc) is 2.54. The lowest BCUT2D eigenvalue weighted by Crippen LogP contribution is -2.28. The SMILES string of the molecule is NCc1cccc(N2CCNC(=O)CC2)c1. The van der Waals surface area contributed by atoms with Gasteiger partial charge in [-0.2, -0.15) is 0 Å². The van der Waals surface area contributed by atoms with Crippen LogP contribution < -0.4 is 16.0 Å². The summed E-state index contributed by atoms with van der Waals surface area (Å²) in [5.74, 6) is 0.137. The molecule has 1 aromatic carbocycles. The van der Waals surface area contributed by atoms with E-state index in [0.29, 0.717) is 19.5 Å². The van der Waals surface area contributed by atoms with Crippen LogP contribution in [0.5, 0.6) is 0 Å². The number of hydrogen-bond donors (Lipinski definition) is 2. The van der Waals surface area contributed by atoms with E-state index in [2.05, 4.69) is 22.3 Å². The predicted molar refractivity (Wildman–Crippen MR) is 64.2 cm³/mol. The first-order valence-electron chi connectivity index (χ1n) is 5.60. The Morgan fingerprint density at radius 2 is 2.25 bits per heavy atom. The smallest absolute Gasteiger partial charge is 0.221 e. The molecule has 0 radical (unpaired) electrons. The van der Waals surface area contributed by atoms with Crippen LogP contribution in [0.3, 0.4) is 0 Å². The number of benzene rings is 1. The van der Waals surface area contributed by atoms with Gasteiger partial charge in [-0.05, 0) is 17.7 Å². The lowest BCUT2D eigenvalue weighted by Gasteiger charge is -2.22. The second-order valence-corrected chi connectivity index (χ2v) is 3.96. The van der Waals surface area contributed by atoms with Crippen LogP contribution in [0.15, 0.2) is 24.3 Å². The van der Waals surface area contributed by atoms with Crippen molar-refractivity contribution in [2.75, 3.05) is 24.5 Å². The standard InChI is InChI=1S/C12H17N3O/c13-9-10-2-1-3-11(8-10)15-6-4-12(16)14-5-7-15/h1-3,8H,4-7,9,13H2,(H,14,16). The number of hydrogen-bond acceptors (Lipinski definition) is 3. The molecule has 1 amide bonds. The number of nitrogens with two attached hydrogens (primary N) is 1. The minimum atomic E-state index is 0.137. The van der Waals surface area contributed by atoms with Crippen LogP contribution in [0, 0.1) is 0 Å². The van der Waals surface area contributed by atoms with Crippen molar-refractivity contribution in [1.82, 2.24) is 5.32 Å². The van der Waals surface area contributed by atoms with E-state index < -0.39 is 0 Å². The normalized spacial score (nSPS) is 16.8. The topological polar surface area (TPSA) is 58.4 Å². The summed E-state index contributed by atoms with van der Waals surface area (Å²) in [7, 11) is 0. The van der Waals surface area contributed by atoms with E-state index in [0.717, 1.165) is 24.3 Å². The molecule has 0 aromatic heterocycles. The molecule has 2 rings (SSSR count). The summed E-state index contributed by atoms with van der Waals surface area (Å²) >= 11 is 0. The van der Waals surface area contributed by atoms with Gasteiger partial charge >= 0.3 is 0 Å². The van der Waals surface area contributed by atoms with Crippen molar-refractivity contribution >= 4 is 11.6 Å². The van der Waals surface area contributed by atoms with Gasteiger partial charge in [0.2, 0.25) is 5.91 Å². The number of rotatable bonds is 2. The Bertz CT molecular complexity index is 378. The van der Waals surface area contributed by atoms with Crippen LogP contribution in [-0.2, 0) is 11.3 Å². The molecule has 0 aliphatic carbocycles. The van der Waals surface area contributed by atoms with Gasteiger partial charge in [-0.3, -0.25) is 4.79 Å². The number of anilines is 1. The summed E-state index contributed by atoms with van der Waals surface area (Å²) in [5.41, 5.74) is 7.89. The van der Waals surface area contributed by atoms with E-state index in [9.17, 15) is 4.79 Å². The third-order valence-electron chi connectivity index (χ3n) is 2.82. The molecular weight excluding hydrogens is 202 g/mol. The summed E-state index contributed by atoms with van der Waals surface area (Å²) in [6.45, 7) is 2.91. The lowest BCUT2D eigenvalue weighted by atomic mass is 10.2. The third kappa shape index (κ3) is 2.52. The summed E-state index contributed by atoms with van der Waals surface area (Å²) in [5, 5.41) is 2.87. The maximum atomic E-state index is 11.2. The minimum Gasteiger partial charge on any atom is -0.369 e. The zero-order valence-electron chi connectivity index (χ0n) is 9.28. The molecule has 16 heavy (non-hydrogen) atoms. The molecule has 1 aromatic rings. The van der Waals surface area contributed by atoms with Gasteiger partial charge in [-0.25, -0.2) is 0 Å². The van der Waals surface area contributed by atoms with Crippen molar-refractivity contribution in [1.29, 1.82) is 0 Å². The Hall–Kier alpha value is -1.55. The summed E-state index contributed by atoms with van der Waals surface area (Å²) < 4.78 is 0. The van der Waals surface area contributed by atoms with E-state index in [-0.39, 0.29) is 5.91 Å². The van der Waals surface area contributed by atoms with Crippen LogP contribution in [0.2, 0.25) is 0 Å². The zero-order valence-corrected chi connectivity index (χ0v) is 9.28. The fourth-order valence-electron chi connectivity index (χ4n) is 1.91. The van der Waals surface area contributed by atoms with Crippen LogP contribution >= 0.6 is 0 Å². The molecule has 3 N–H and O–H groups in total. The number of carbonyl (C=O) groups excluding carboxylic acids is 1. The highest BCUT2D eigenvalue weighted by Crippen LogP contribution is 2.16. The van der Waals surface area contributed by atoms with Gasteiger partial charge in [0.1, 0.15) is 0 Å². The van der Waals surface area contributed by atoms with Crippen LogP contribution in [0.1, 0.15) is 12.0 Å². The highest BCUT2D eigenvalue weighted by atomic mass is 16.1. The third-order valence-corrected chi connectivity index (χ3v) is 2.82. The predicted octanol–water partition coefficient (Wildman–Crippen LogP) is 0.472. The van der Waals surface area contributed by atoms with Gasteiger partial charge in [0.25, 0.3) is 0 Å². The Kier molecular flexibility index (Phi) is 3.41. The van der Waals surface area contributed by atoms with Crippen molar-refractivity contribution in [3.8, 4) is 0 Å². The van der Waals surface area contributed by atoms with Crippen molar-refractivity contribution in [3.63, 3.8) is 0 Å². The number of carbonyl (C=O) groups is 1. The molecule has 0 atom stereocenters. The molecule has 86 valence electrons. The quantitative estimate of drug-likeness (QED) is 0.760. The van der Waals surface area contributed by atoms with Crippen molar-refractivity contribution < 1.29 is 4.79 Å². The molecule has 1 fully saturated rings. The fraction of sp³-hybridized carbons (Fsp3) is 0.417. The summed E-state index contributed by atoms with van der Waals surface area (Å²) in [6, 6.07) is 8.19. The zero-order chi connectivity index (χ0) is 11.4. The molecular formula is C12H17N3O. The molecule has 1 saturated heterocycles. The van der Waals surface area contributed by atoms with Crippen molar-refractivity contribution in [2.24, 2.45) is 5.73 Å². The molecule has 1 aliphatic rings. The van der Waals surface area contributed by atoms with E-state index in [1.807, 2.05) is 12.1 Å². The first kappa shape index (κ1) is 11.0. The van der Waals surface area contributed by atoms with Gasteiger partial charge < -0.3 is 16.0 Å². The molecule has 0 bridgehead atoms. The maximum Gasteiger partial charge on any atom is 0.221 e. The molecule has 0 saturated carbocycles. The lowest BCUT2D eigenvalue weighted by molar-refractivity contribution is -0.120. The minimum absolute atomic E-state index is 0.137. The summed E-state index contributed by atoms with van der Waals surface area (Å²) in [6.07, 6.45) is 0.562. The average molecular weight is 219 g/mol. The number of amides is 1. The number of nitrogens with zero attached hydrogens (tertiary/aromatic N) is 1. The van der Waals surface area contributed by atoms with Gasteiger partial charge in [0.15, 0.2) is 0 Å². The van der Waals surface area contributed by atoms with Gasteiger partial charge in [0.05, 0.1) is 0 Å². The van der Waals surface area contributed by atoms with Crippen molar-refractivity contribution in [2.45, 2.75) is 13.0 Å². The molecule has 0 unspecified atom stereocenters. The highest BCUT2D eigenvalue weighted by molar-refractivity contribution is 5.77. The van der Waals surface area contributed by atoms with Crippen molar-refractivity contribution in [3.05, 3.63) is 29.8 Å². The molecule has 4 heteroatoms. The summed E-state index contributed by atoms with van der Waals surface area (Å²) in [4.78, 5) is 13.4. The van der Waals surface area contributed by atoms with E-state index >= 15 is 0 Å². The van der Waals surface area contributed by atoms with Gasteiger partial charge in [-0.15, -0.1) is 0 Å². The Morgan fingerprint density at radius 3 is 3.06 bits per heavy atom. The number of nitrogens with one attached hydrogen (secondary N) is 1. The molecule has 0 spiro atoms. The largest absolute Gasteiger partial charge is 0.369 e. The van der Waals surface area contributed by atoms with E-state index in [1.54, 1.807) is 0 Å². The van der Waals surface area contributed by atoms with Gasteiger partial charge in [0, 0.05) is 38.3 Å². The molecule has 4 nitrogen and oxygen atoms in total. The fourth-order valence-corrected chi connectivity index (χ4v) is 1.91. The Morgan fingerprint density at radius 1 is 1.38 bits per heavy atom. The first-order valence-corrected chi connectivity index (χ1v) is 5.60. The second kappa shape index (κ2) is 4.99. The molecule has 1 heterocycles. The van der Waals surface area contributed by atoms with Crippen LogP contribution in [0.25, 0.3) is 0 Å². The van der Waals surface area contributed by atoms with Crippen LogP contribution in [0.4, 0.5) is 5.69 Å². The monoisotopic (exact) mass is 219 g/mol. The maximum absolute atomic E-state index is 11.2. The first-order chi connectivity index (χ1) is 7.79. The van der Waals surface area contributed by atoms with Gasteiger partial charge in [-0.1, -0.05) is 12.1 Å².